The standard InChI is InChI=1S/C10H9NS.2C2H6/c1-8-5-6-10(12-8)9-4-2-3-7-11-9;2*1-2/h2-7H,1H3;2*1-2H3. The van der Waals surface area contributed by atoms with Crippen molar-refractivity contribution in [3.8, 4) is 10.6 Å². The highest BCUT2D eigenvalue weighted by Gasteiger charge is 1.99. The van der Waals surface area contributed by atoms with Crippen LogP contribution in [0, 0.1) is 6.92 Å². The van der Waals surface area contributed by atoms with Gasteiger partial charge < -0.3 is 0 Å². The first kappa shape index (κ1) is 14.8. The summed E-state index contributed by atoms with van der Waals surface area (Å²) in [7, 11) is 0. The van der Waals surface area contributed by atoms with Gasteiger partial charge in [-0.1, -0.05) is 33.8 Å². The molecule has 0 aliphatic carbocycles. The molecule has 2 aromatic heterocycles. The Morgan fingerprint density at radius 3 is 2.06 bits per heavy atom. The van der Waals surface area contributed by atoms with Crippen LogP contribution in [0.4, 0.5) is 0 Å². The third kappa shape index (κ3) is 4.58. The first-order valence-electron chi connectivity index (χ1n) is 5.84. The number of nitrogens with zero attached hydrogens (tertiary/aromatic N) is 1. The summed E-state index contributed by atoms with van der Waals surface area (Å²) in [5, 5.41) is 0. The van der Waals surface area contributed by atoms with E-state index in [1.165, 1.54) is 9.75 Å². The van der Waals surface area contributed by atoms with Gasteiger partial charge in [0.25, 0.3) is 0 Å². The van der Waals surface area contributed by atoms with Gasteiger partial charge in [0.1, 0.15) is 0 Å². The van der Waals surface area contributed by atoms with Gasteiger partial charge in [0.2, 0.25) is 0 Å². The summed E-state index contributed by atoms with van der Waals surface area (Å²) >= 11 is 1.78. The molecule has 88 valence electrons. The van der Waals surface area contributed by atoms with Crippen molar-refractivity contribution in [1.29, 1.82) is 0 Å². The zero-order chi connectivity index (χ0) is 12.4. The molecule has 0 N–H and O–H groups in total. The zero-order valence-corrected chi connectivity index (χ0v) is 11.6. The lowest BCUT2D eigenvalue weighted by molar-refractivity contribution is 1.34. The van der Waals surface area contributed by atoms with Crippen molar-refractivity contribution < 1.29 is 0 Å². The summed E-state index contributed by atoms with van der Waals surface area (Å²) in [6, 6.07) is 10.2. The van der Waals surface area contributed by atoms with Crippen LogP contribution in [0.1, 0.15) is 32.6 Å². The van der Waals surface area contributed by atoms with Crippen LogP contribution in [0.2, 0.25) is 0 Å². The van der Waals surface area contributed by atoms with Crippen molar-refractivity contribution in [2.24, 2.45) is 0 Å². The van der Waals surface area contributed by atoms with Crippen LogP contribution < -0.4 is 0 Å². The molecule has 0 aliphatic heterocycles. The van der Waals surface area contributed by atoms with Gasteiger partial charge in [-0.05, 0) is 31.2 Å². The number of aryl methyl sites for hydroxylation is 1. The van der Waals surface area contributed by atoms with E-state index < -0.39 is 0 Å². The fraction of sp³-hybridized carbons (Fsp3) is 0.357. The molecule has 0 bridgehead atoms. The van der Waals surface area contributed by atoms with E-state index in [0.29, 0.717) is 0 Å². The van der Waals surface area contributed by atoms with E-state index in [9.17, 15) is 0 Å². The van der Waals surface area contributed by atoms with Crippen molar-refractivity contribution in [2.75, 3.05) is 0 Å². The van der Waals surface area contributed by atoms with Gasteiger partial charge in [0.15, 0.2) is 0 Å². The second-order valence-corrected chi connectivity index (χ2v) is 3.91. The predicted octanol–water partition coefficient (Wildman–Crippen LogP) is 5.17. The largest absolute Gasteiger partial charge is 0.255 e. The van der Waals surface area contributed by atoms with Crippen LogP contribution >= 0.6 is 11.3 Å². The van der Waals surface area contributed by atoms with E-state index >= 15 is 0 Å². The van der Waals surface area contributed by atoms with E-state index in [-0.39, 0.29) is 0 Å². The van der Waals surface area contributed by atoms with Gasteiger partial charge >= 0.3 is 0 Å². The maximum Gasteiger partial charge on any atom is 0.0801 e. The van der Waals surface area contributed by atoms with Gasteiger partial charge in [0, 0.05) is 11.1 Å². The van der Waals surface area contributed by atoms with Crippen LogP contribution in [-0.2, 0) is 0 Å². The van der Waals surface area contributed by atoms with Gasteiger partial charge in [-0.2, -0.15) is 0 Å². The molecule has 0 saturated heterocycles. The summed E-state index contributed by atoms with van der Waals surface area (Å²) in [6.07, 6.45) is 1.82. The maximum atomic E-state index is 4.27. The Hall–Kier alpha value is -1.15. The molecule has 1 nitrogen and oxygen atoms in total. The van der Waals surface area contributed by atoms with E-state index in [1.807, 2.05) is 52.1 Å². The van der Waals surface area contributed by atoms with Crippen molar-refractivity contribution in [2.45, 2.75) is 34.6 Å². The fourth-order valence-corrected chi connectivity index (χ4v) is 1.93. The summed E-state index contributed by atoms with van der Waals surface area (Å²) in [5.74, 6) is 0. The molecule has 16 heavy (non-hydrogen) atoms. The third-order valence-electron chi connectivity index (χ3n) is 1.66. The lowest BCUT2D eigenvalue weighted by atomic mass is 10.3. The molecule has 0 aromatic carbocycles. The summed E-state index contributed by atoms with van der Waals surface area (Å²) in [4.78, 5) is 6.85. The average Bonchev–Trinajstić information content (AvgIpc) is 2.82. The molecule has 0 fully saturated rings. The molecule has 0 spiro atoms. The first-order valence-corrected chi connectivity index (χ1v) is 6.66. The monoisotopic (exact) mass is 235 g/mol. The number of aromatic nitrogens is 1. The van der Waals surface area contributed by atoms with Crippen LogP contribution in [-0.4, -0.2) is 4.98 Å². The van der Waals surface area contributed by atoms with E-state index in [1.54, 1.807) is 11.3 Å². The number of thiophene rings is 1. The Balaban J connectivity index is 0.000000509. The molecule has 2 rings (SSSR count). The number of hydrogen-bond donors (Lipinski definition) is 0. The molecule has 0 amide bonds. The Bertz CT molecular complexity index is 365. The minimum absolute atomic E-state index is 1.07. The molecule has 0 aliphatic rings. The smallest absolute Gasteiger partial charge is 0.0801 e. The molecule has 2 aromatic rings. The topological polar surface area (TPSA) is 12.9 Å². The first-order chi connectivity index (χ1) is 7.86. The average molecular weight is 235 g/mol. The minimum atomic E-state index is 1.07. The van der Waals surface area contributed by atoms with E-state index in [0.717, 1.165) is 5.69 Å². The van der Waals surface area contributed by atoms with E-state index in [4.69, 9.17) is 0 Å². The molecule has 0 saturated carbocycles. The molecule has 0 unspecified atom stereocenters. The number of rotatable bonds is 1. The Morgan fingerprint density at radius 1 is 0.938 bits per heavy atom. The molecule has 2 heteroatoms. The molecular weight excluding hydrogens is 214 g/mol. The van der Waals surface area contributed by atoms with Crippen molar-refractivity contribution in [3.05, 3.63) is 41.4 Å². The van der Waals surface area contributed by atoms with Crippen LogP contribution in [0.3, 0.4) is 0 Å². The Labute approximate surface area is 103 Å². The van der Waals surface area contributed by atoms with Gasteiger partial charge in [-0.3, -0.25) is 4.98 Å². The highest BCUT2D eigenvalue weighted by Crippen LogP contribution is 2.25. The fourth-order valence-electron chi connectivity index (χ4n) is 1.08. The second-order valence-electron chi connectivity index (χ2n) is 2.63. The molecule has 0 atom stereocenters. The lowest BCUT2D eigenvalue weighted by Gasteiger charge is -1.92. The van der Waals surface area contributed by atoms with Gasteiger partial charge in [-0.25, -0.2) is 0 Å². The normalized spacial score (nSPS) is 8.31. The lowest BCUT2D eigenvalue weighted by Crippen LogP contribution is -1.75. The summed E-state index contributed by atoms with van der Waals surface area (Å²) in [5.41, 5.74) is 1.07. The van der Waals surface area contributed by atoms with Gasteiger partial charge in [0.05, 0.1) is 10.6 Å². The van der Waals surface area contributed by atoms with Crippen molar-refractivity contribution in [1.82, 2.24) is 4.98 Å². The molecular formula is C14H21NS. The van der Waals surface area contributed by atoms with Crippen molar-refractivity contribution in [3.63, 3.8) is 0 Å². The Morgan fingerprint density at radius 2 is 1.62 bits per heavy atom. The Kier molecular flexibility index (Phi) is 8.45. The van der Waals surface area contributed by atoms with Crippen molar-refractivity contribution >= 4 is 11.3 Å². The molecule has 2 heterocycles. The maximum absolute atomic E-state index is 4.27. The number of hydrogen-bond acceptors (Lipinski definition) is 2. The predicted molar refractivity (Wildman–Crippen MR) is 75.0 cm³/mol. The van der Waals surface area contributed by atoms with Crippen LogP contribution in [0.5, 0.6) is 0 Å². The SMILES string of the molecule is CC.CC.Cc1ccc(-c2ccccn2)s1. The quantitative estimate of drug-likeness (QED) is 0.664. The zero-order valence-electron chi connectivity index (χ0n) is 10.8. The number of pyridine rings is 1. The van der Waals surface area contributed by atoms with Gasteiger partial charge in [-0.15, -0.1) is 11.3 Å². The second kappa shape index (κ2) is 9.10. The summed E-state index contributed by atoms with van der Waals surface area (Å²) < 4.78 is 0. The minimum Gasteiger partial charge on any atom is -0.255 e. The summed E-state index contributed by atoms with van der Waals surface area (Å²) in [6.45, 7) is 10.1. The third-order valence-corrected chi connectivity index (χ3v) is 2.68. The van der Waals surface area contributed by atoms with Crippen LogP contribution in [0.15, 0.2) is 36.5 Å². The highest BCUT2D eigenvalue weighted by atomic mass is 32.1. The highest BCUT2D eigenvalue weighted by molar-refractivity contribution is 7.15. The molecule has 0 radical (unpaired) electrons. The van der Waals surface area contributed by atoms with Crippen LogP contribution in [0.25, 0.3) is 10.6 Å². The van der Waals surface area contributed by atoms with E-state index in [2.05, 4.69) is 24.0 Å².